The van der Waals surface area contributed by atoms with Gasteiger partial charge in [0, 0.05) is 0 Å². The lowest BCUT2D eigenvalue weighted by Crippen LogP contribution is -2.50. The summed E-state index contributed by atoms with van der Waals surface area (Å²) in [6.07, 6.45) is 4.07. The van der Waals surface area contributed by atoms with Crippen LogP contribution in [0.25, 0.3) is 0 Å². The van der Waals surface area contributed by atoms with Crippen LogP contribution < -0.4 is 10.7 Å². The molecule has 0 unspecified atom stereocenters. The monoisotopic (exact) mass is 315 g/mol. The molecule has 23 heavy (non-hydrogen) atoms. The molecular formula is C15H17N5O3. The van der Waals surface area contributed by atoms with E-state index in [-0.39, 0.29) is 5.91 Å². The van der Waals surface area contributed by atoms with E-state index < -0.39 is 24.0 Å². The van der Waals surface area contributed by atoms with Crippen molar-refractivity contribution in [3.05, 3.63) is 48.5 Å². The van der Waals surface area contributed by atoms with Crippen LogP contribution in [0.15, 0.2) is 43.0 Å². The molecule has 8 heteroatoms. The lowest BCUT2D eigenvalue weighted by molar-refractivity contribution is -0.129. The predicted molar refractivity (Wildman–Crippen MR) is 80.8 cm³/mol. The third-order valence-electron chi connectivity index (χ3n) is 3.97. The minimum Gasteiger partial charge on any atom is -0.394 e. The summed E-state index contributed by atoms with van der Waals surface area (Å²) in [7, 11) is 0. The van der Waals surface area contributed by atoms with Gasteiger partial charge in [-0.05, 0) is 18.4 Å². The molecule has 120 valence electrons. The number of aliphatic hydroxyl groups is 1. The minimum absolute atomic E-state index is 0.248. The van der Waals surface area contributed by atoms with Crippen LogP contribution >= 0.6 is 0 Å². The van der Waals surface area contributed by atoms with Gasteiger partial charge in [-0.15, -0.1) is 10.2 Å². The maximum atomic E-state index is 12.6. The number of hydrogen-bond acceptors (Lipinski definition) is 5. The van der Waals surface area contributed by atoms with Crippen molar-refractivity contribution in [3.63, 3.8) is 0 Å². The number of nitrogens with zero attached hydrogens (tertiary/aromatic N) is 3. The highest BCUT2D eigenvalue weighted by Crippen LogP contribution is 2.48. The molecule has 1 atom stereocenters. The zero-order valence-electron chi connectivity index (χ0n) is 12.3. The van der Waals surface area contributed by atoms with Gasteiger partial charge in [-0.3, -0.25) is 15.0 Å². The van der Waals surface area contributed by atoms with Crippen molar-refractivity contribution in [2.75, 3.05) is 12.0 Å². The molecule has 1 saturated carbocycles. The van der Waals surface area contributed by atoms with Crippen LogP contribution in [0.4, 0.5) is 0 Å². The molecule has 3 rings (SSSR count). The van der Waals surface area contributed by atoms with Crippen LogP contribution in [0.3, 0.4) is 0 Å². The second-order valence-electron chi connectivity index (χ2n) is 5.50. The quantitative estimate of drug-likeness (QED) is 0.669. The van der Waals surface area contributed by atoms with Crippen molar-refractivity contribution in [1.29, 1.82) is 0 Å². The van der Waals surface area contributed by atoms with Gasteiger partial charge in [0.2, 0.25) is 5.91 Å². The number of hydrogen-bond donors (Lipinski definition) is 3. The van der Waals surface area contributed by atoms with Crippen LogP contribution in [-0.4, -0.2) is 44.4 Å². The molecular weight excluding hydrogens is 298 g/mol. The molecule has 0 radical (unpaired) electrons. The van der Waals surface area contributed by atoms with E-state index in [4.69, 9.17) is 0 Å². The Labute approximate surface area is 132 Å². The van der Waals surface area contributed by atoms with Crippen LogP contribution in [0.5, 0.6) is 0 Å². The highest BCUT2D eigenvalue weighted by Gasteiger charge is 2.51. The number of rotatable bonds is 6. The second kappa shape index (κ2) is 6.17. The van der Waals surface area contributed by atoms with Crippen molar-refractivity contribution >= 4 is 11.8 Å². The molecule has 0 spiro atoms. The minimum atomic E-state index is -1.04. The van der Waals surface area contributed by atoms with Gasteiger partial charge in [0.1, 0.15) is 18.7 Å². The summed E-state index contributed by atoms with van der Waals surface area (Å²) in [5, 5.41) is 19.2. The number of aliphatic hydroxyl groups excluding tert-OH is 1. The summed E-state index contributed by atoms with van der Waals surface area (Å²) in [5.74, 6) is -0.786. The lowest BCUT2D eigenvalue weighted by Gasteiger charge is -2.21. The van der Waals surface area contributed by atoms with E-state index in [1.807, 2.05) is 30.3 Å². The fourth-order valence-electron chi connectivity index (χ4n) is 2.48. The van der Waals surface area contributed by atoms with Crippen LogP contribution in [0.2, 0.25) is 0 Å². The zero-order valence-corrected chi connectivity index (χ0v) is 12.3. The molecule has 1 aliphatic rings. The van der Waals surface area contributed by atoms with Crippen LogP contribution in [0, 0.1) is 0 Å². The molecule has 8 nitrogen and oxygen atoms in total. The van der Waals surface area contributed by atoms with E-state index in [9.17, 15) is 14.7 Å². The first-order valence-electron chi connectivity index (χ1n) is 7.28. The first-order chi connectivity index (χ1) is 11.2. The highest BCUT2D eigenvalue weighted by atomic mass is 16.3. The van der Waals surface area contributed by atoms with Gasteiger partial charge in [-0.2, -0.15) is 0 Å². The molecule has 1 aliphatic carbocycles. The van der Waals surface area contributed by atoms with Gasteiger partial charge in [0.05, 0.1) is 12.0 Å². The first-order valence-corrected chi connectivity index (χ1v) is 7.28. The fourth-order valence-corrected chi connectivity index (χ4v) is 2.48. The van der Waals surface area contributed by atoms with E-state index in [0.29, 0.717) is 0 Å². The Balaban J connectivity index is 1.67. The second-order valence-corrected chi connectivity index (χ2v) is 5.50. The van der Waals surface area contributed by atoms with E-state index in [0.717, 1.165) is 18.4 Å². The normalized spacial score (nSPS) is 16.4. The van der Waals surface area contributed by atoms with Crippen molar-refractivity contribution < 1.29 is 14.7 Å². The Bertz CT molecular complexity index is 682. The third-order valence-corrected chi connectivity index (χ3v) is 3.97. The van der Waals surface area contributed by atoms with Crippen LogP contribution in [0.1, 0.15) is 18.4 Å². The van der Waals surface area contributed by atoms with Gasteiger partial charge in [0.25, 0.3) is 5.91 Å². The average molecular weight is 315 g/mol. The molecule has 1 aromatic heterocycles. The molecule has 1 aromatic carbocycles. The topological polar surface area (TPSA) is 109 Å². The largest absolute Gasteiger partial charge is 0.394 e. The maximum absolute atomic E-state index is 12.6. The Morgan fingerprint density at radius 1 is 1.22 bits per heavy atom. The summed E-state index contributed by atoms with van der Waals surface area (Å²) in [5.41, 5.74) is 2.80. The van der Waals surface area contributed by atoms with E-state index in [2.05, 4.69) is 20.9 Å². The van der Waals surface area contributed by atoms with Gasteiger partial charge >= 0.3 is 0 Å². The van der Waals surface area contributed by atoms with Gasteiger partial charge in [-0.25, -0.2) is 4.68 Å². The number of amides is 2. The van der Waals surface area contributed by atoms with E-state index in [1.165, 1.54) is 17.3 Å². The number of benzene rings is 1. The van der Waals surface area contributed by atoms with Crippen molar-refractivity contribution in [2.24, 2.45) is 0 Å². The Kier molecular flexibility index (Phi) is 4.07. The Morgan fingerprint density at radius 3 is 2.43 bits per heavy atom. The predicted octanol–water partition coefficient (Wildman–Crippen LogP) is -0.443. The maximum Gasteiger partial charge on any atom is 0.263 e. The molecule has 2 aromatic rings. The van der Waals surface area contributed by atoms with Crippen molar-refractivity contribution in [1.82, 2.24) is 20.2 Å². The number of carbonyl (C=O) groups is 2. The molecule has 1 fully saturated rings. The Morgan fingerprint density at radius 2 is 1.87 bits per heavy atom. The zero-order chi connectivity index (χ0) is 16.3. The van der Waals surface area contributed by atoms with Crippen LogP contribution in [-0.2, 0) is 15.0 Å². The fraction of sp³-hybridized carbons (Fsp3) is 0.333. The van der Waals surface area contributed by atoms with Gasteiger partial charge < -0.3 is 10.4 Å². The van der Waals surface area contributed by atoms with Gasteiger partial charge in [-0.1, -0.05) is 30.3 Å². The summed E-state index contributed by atoms with van der Waals surface area (Å²) in [6, 6.07) is 8.41. The molecule has 0 aliphatic heterocycles. The first kappa shape index (κ1) is 15.2. The average Bonchev–Trinajstić information content (AvgIpc) is 3.24. The molecule has 1 heterocycles. The number of nitrogens with one attached hydrogen (secondary N) is 2. The SMILES string of the molecule is O=C(Nn1cnnc1)[C@H](CO)NC(=O)C1(c2ccccc2)CC1. The van der Waals surface area contributed by atoms with E-state index in [1.54, 1.807) is 0 Å². The molecule has 0 saturated heterocycles. The lowest BCUT2D eigenvalue weighted by atomic mass is 9.94. The molecule has 3 N–H and O–H groups in total. The summed E-state index contributed by atoms with van der Waals surface area (Å²) in [6.45, 7) is -0.495. The summed E-state index contributed by atoms with van der Waals surface area (Å²) < 4.78 is 1.25. The van der Waals surface area contributed by atoms with Gasteiger partial charge in [0.15, 0.2) is 0 Å². The molecule has 2 amide bonds. The van der Waals surface area contributed by atoms with Crippen molar-refractivity contribution in [3.8, 4) is 0 Å². The summed E-state index contributed by atoms with van der Waals surface area (Å²) in [4.78, 5) is 24.7. The third kappa shape index (κ3) is 3.07. The number of carbonyl (C=O) groups excluding carboxylic acids is 2. The smallest absolute Gasteiger partial charge is 0.263 e. The molecule has 0 bridgehead atoms. The standard InChI is InChI=1S/C15H17N5O3/c21-8-12(13(22)19-20-9-16-17-10-20)18-14(23)15(6-7-15)11-4-2-1-3-5-11/h1-5,9-10,12,21H,6-8H2,(H,18,23)(H,19,22)/t12-/m0/s1. The highest BCUT2D eigenvalue weighted by molar-refractivity contribution is 5.97. The van der Waals surface area contributed by atoms with E-state index >= 15 is 0 Å². The Hall–Kier alpha value is -2.74. The van der Waals surface area contributed by atoms with Crippen molar-refractivity contribution in [2.45, 2.75) is 24.3 Å². The summed E-state index contributed by atoms with van der Waals surface area (Å²) >= 11 is 0. The number of aromatic nitrogens is 3.